The van der Waals surface area contributed by atoms with Crippen molar-refractivity contribution >= 4 is 17.9 Å². The van der Waals surface area contributed by atoms with E-state index >= 15 is 0 Å². The number of hydrogen-bond donors (Lipinski definition) is 3. The van der Waals surface area contributed by atoms with Gasteiger partial charge in [-0.3, -0.25) is 9.59 Å². The highest BCUT2D eigenvalue weighted by Crippen LogP contribution is 2.38. The van der Waals surface area contributed by atoms with Gasteiger partial charge in [-0.15, -0.1) is 0 Å². The van der Waals surface area contributed by atoms with Crippen LogP contribution in [-0.4, -0.2) is 64.8 Å². The van der Waals surface area contributed by atoms with Crippen LogP contribution in [0.1, 0.15) is 94.9 Å². The summed E-state index contributed by atoms with van der Waals surface area (Å²) in [6.45, 7) is 20.5. The molecular formula is C27H51N3O5. The lowest BCUT2D eigenvalue weighted by atomic mass is 9.80. The first-order chi connectivity index (χ1) is 15.9. The maximum atomic E-state index is 13.6. The Morgan fingerprint density at radius 2 is 1.63 bits per heavy atom. The van der Waals surface area contributed by atoms with Gasteiger partial charge in [-0.25, -0.2) is 4.79 Å². The Kier molecular flexibility index (Phi) is 11.5. The molecule has 0 unspecified atom stereocenters. The number of aliphatic hydroxyl groups excluding tert-OH is 1. The average molecular weight is 498 g/mol. The third-order valence-corrected chi connectivity index (χ3v) is 6.29. The number of alkyl carbamates (subject to hydrolysis) is 1. The second-order valence-corrected chi connectivity index (χ2v) is 12.7. The highest BCUT2D eigenvalue weighted by molar-refractivity contribution is 5.91. The molecule has 0 aliphatic carbocycles. The van der Waals surface area contributed by atoms with Crippen molar-refractivity contribution in [3.8, 4) is 0 Å². The Morgan fingerprint density at radius 3 is 2.11 bits per heavy atom. The summed E-state index contributed by atoms with van der Waals surface area (Å²) in [7, 11) is 0. The number of carbonyl (C=O) groups excluding carboxylic acids is 3. The lowest BCUT2D eigenvalue weighted by Gasteiger charge is -2.33. The first kappa shape index (κ1) is 31.2. The predicted octanol–water partition coefficient (Wildman–Crippen LogP) is 4.10. The molecule has 1 aliphatic heterocycles. The first-order valence-electron chi connectivity index (χ1n) is 13.2. The van der Waals surface area contributed by atoms with Gasteiger partial charge in [0.25, 0.3) is 0 Å². The first-order valence-corrected chi connectivity index (χ1v) is 13.2. The molecule has 204 valence electrons. The number of nitrogens with zero attached hydrogens (tertiary/aromatic N) is 1. The Bertz CT molecular complexity index is 716. The molecule has 0 aromatic carbocycles. The van der Waals surface area contributed by atoms with Crippen LogP contribution in [-0.2, 0) is 14.3 Å². The highest BCUT2D eigenvalue weighted by atomic mass is 16.6. The summed E-state index contributed by atoms with van der Waals surface area (Å²) >= 11 is 0. The molecule has 4 atom stereocenters. The van der Waals surface area contributed by atoms with E-state index in [0.29, 0.717) is 38.3 Å². The van der Waals surface area contributed by atoms with E-state index < -0.39 is 35.3 Å². The molecule has 0 saturated carbocycles. The summed E-state index contributed by atoms with van der Waals surface area (Å²) in [5.74, 6) is 0.581. The molecule has 0 aromatic heterocycles. The van der Waals surface area contributed by atoms with Gasteiger partial charge in [0.05, 0.1) is 17.6 Å². The van der Waals surface area contributed by atoms with Gasteiger partial charge in [-0.2, -0.15) is 0 Å². The van der Waals surface area contributed by atoms with Crippen LogP contribution >= 0.6 is 0 Å². The topological polar surface area (TPSA) is 108 Å². The minimum atomic E-state index is -0.919. The van der Waals surface area contributed by atoms with E-state index in [1.165, 1.54) is 0 Å². The second-order valence-electron chi connectivity index (χ2n) is 12.7. The quantitative estimate of drug-likeness (QED) is 0.376. The van der Waals surface area contributed by atoms with Crippen LogP contribution in [0.25, 0.3) is 0 Å². The molecule has 3 N–H and O–H groups in total. The molecule has 35 heavy (non-hydrogen) atoms. The summed E-state index contributed by atoms with van der Waals surface area (Å²) in [4.78, 5) is 40.7. The van der Waals surface area contributed by atoms with Gasteiger partial charge in [0.2, 0.25) is 11.8 Å². The van der Waals surface area contributed by atoms with Gasteiger partial charge in [0.15, 0.2) is 0 Å². The number of nitrogens with one attached hydrogen (secondary N) is 2. The molecule has 8 nitrogen and oxygen atoms in total. The van der Waals surface area contributed by atoms with Crippen molar-refractivity contribution in [3.63, 3.8) is 0 Å². The van der Waals surface area contributed by atoms with Crippen molar-refractivity contribution in [1.29, 1.82) is 0 Å². The number of ether oxygens (including phenoxy) is 1. The summed E-state index contributed by atoms with van der Waals surface area (Å²) < 4.78 is 5.39. The van der Waals surface area contributed by atoms with Crippen molar-refractivity contribution in [3.05, 3.63) is 0 Å². The molecule has 0 radical (unpaired) electrons. The fourth-order valence-electron chi connectivity index (χ4n) is 4.54. The Balaban J connectivity index is 2.99. The fourth-order valence-corrected chi connectivity index (χ4v) is 4.54. The summed E-state index contributed by atoms with van der Waals surface area (Å²) in [5.41, 5.74) is -1.45. The number of hydrogen-bond acceptors (Lipinski definition) is 5. The maximum absolute atomic E-state index is 13.6. The van der Waals surface area contributed by atoms with Gasteiger partial charge < -0.3 is 25.4 Å². The molecule has 0 bridgehead atoms. The van der Waals surface area contributed by atoms with Crippen molar-refractivity contribution < 1.29 is 24.2 Å². The van der Waals surface area contributed by atoms with Crippen LogP contribution in [0.15, 0.2) is 0 Å². The predicted molar refractivity (Wildman–Crippen MR) is 139 cm³/mol. The van der Waals surface area contributed by atoms with Gasteiger partial charge in [0.1, 0.15) is 11.6 Å². The molecule has 1 saturated heterocycles. The zero-order valence-electron chi connectivity index (χ0n) is 23.7. The minimum Gasteiger partial charge on any atom is -0.444 e. The summed E-state index contributed by atoms with van der Waals surface area (Å²) in [6.07, 6.45) is 0.405. The minimum absolute atomic E-state index is 0.109. The van der Waals surface area contributed by atoms with Crippen LogP contribution in [0.3, 0.4) is 0 Å². The Morgan fingerprint density at radius 1 is 1.06 bits per heavy atom. The van der Waals surface area contributed by atoms with E-state index in [1.54, 1.807) is 25.7 Å². The Hall–Kier alpha value is -1.83. The number of amides is 3. The maximum Gasteiger partial charge on any atom is 0.407 e. The molecule has 0 aromatic rings. The Labute approximate surface area is 212 Å². The zero-order chi connectivity index (χ0) is 27.1. The third-order valence-electron chi connectivity index (χ3n) is 6.29. The van der Waals surface area contributed by atoms with Gasteiger partial charge in [-0.05, 0) is 64.2 Å². The van der Waals surface area contributed by atoms with Gasteiger partial charge in [0, 0.05) is 13.1 Å². The fraction of sp³-hybridized carbons (Fsp3) is 0.889. The average Bonchev–Trinajstić information content (AvgIpc) is 2.96. The zero-order valence-corrected chi connectivity index (χ0v) is 23.7. The molecule has 1 aliphatic rings. The van der Waals surface area contributed by atoms with Gasteiger partial charge >= 0.3 is 6.09 Å². The molecule has 1 fully saturated rings. The van der Waals surface area contributed by atoms with E-state index in [-0.39, 0.29) is 30.1 Å². The standard InChI is InChI=1S/C27H51N3O5/c1-17(2)13-20(29-25(34)35-26(7,8)9)22(31)15-27(10)11-12-30(24(27)33)21(14-18(3)4)23(32)28-16-19(5)6/h17-22,31H,11-16H2,1-10H3,(H,28,32)(H,29,34)/t20-,21-,22-,27-/m0/s1. The van der Waals surface area contributed by atoms with Crippen LogP contribution in [0.4, 0.5) is 4.79 Å². The normalized spacial score (nSPS) is 21.4. The summed E-state index contributed by atoms with van der Waals surface area (Å²) in [6, 6.07) is -1.06. The highest BCUT2D eigenvalue weighted by Gasteiger charge is 2.48. The van der Waals surface area contributed by atoms with Crippen molar-refractivity contribution in [2.45, 2.75) is 119 Å². The molecule has 1 rings (SSSR count). The SMILES string of the molecule is CC(C)CNC(=O)[C@H](CC(C)C)N1CC[C@@](C)(C[C@H](O)[C@H](CC(C)C)NC(=O)OC(C)(C)C)C1=O. The van der Waals surface area contributed by atoms with Crippen LogP contribution in [0.2, 0.25) is 0 Å². The van der Waals surface area contributed by atoms with Crippen LogP contribution < -0.4 is 10.6 Å². The van der Waals surface area contributed by atoms with Crippen LogP contribution in [0.5, 0.6) is 0 Å². The number of aliphatic hydroxyl groups is 1. The summed E-state index contributed by atoms with van der Waals surface area (Å²) in [5, 5.41) is 17.0. The van der Waals surface area contributed by atoms with Gasteiger partial charge in [-0.1, -0.05) is 48.5 Å². The molecular weight excluding hydrogens is 446 g/mol. The van der Waals surface area contributed by atoms with E-state index in [2.05, 4.69) is 10.6 Å². The molecule has 1 heterocycles. The molecule has 3 amide bonds. The van der Waals surface area contributed by atoms with E-state index in [9.17, 15) is 19.5 Å². The lowest BCUT2D eigenvalue weighted by molar-refractivity contribution is -0.144. The van der Waals surface area contributed by atoms with E-state index in [1.807, 2.05) is 48.5 Å². The van der Waals surface area contributed by atoms with Crippen molar-refractivity contribution in [2.24, 2.45) is 23.2 Å². The molecule has 0 spiro atoms. The van der Waals surface area contributed by atoms with E-state index in [4.69, 9.17) is 4.74 Å². The van der Waals surface area contributed by atoms with Crippen molar-refractivity contribution in [1.82, 2.24) is 15.5 Å². The number of rotatable bonds is 12. The second kappa shape index (κ2) is 12.9. The van der Waals surface area contributed by atoms with Crippen LogP contribution in [0, 0.1) is 23.2 Å². The largest absolute Gasteiger partial charge is 0.444 e. The van der Waals surface area contributed by atoms with Crippen molar-refractivity contribution in [2.75, 3.05) is 13.1 Å². The monoisotopic (exact) mass is 497 g/mol. The third kappa shape index (κ3) is 10.4. The smallest absolute Gasteiger partial charge is 0.407 e. The van der Waals surface area contributed by atoms with E-state index in [0.717, 1.165) is 0 Å². The molecule has 8 heteroatoms. The lowest BCUT2D eigenvalue weighted by Crippen LogP contribution is -2.51. The number of likely N-dealkylation sites (tertiary alicyclic amines) is 1. The number of carbonyl (C=O) groups is 3.